The summed E-state index contributed by atoms with van der Waals surface area (Å²) in [7, 11) is 4.21. The molecule has 0 radical (unpaired) electrons. The van der Waals surface area contributed by atoms with E-state index in [1.807, 2.05) is 7.05 Å². The molecule has 0 fully saturated rings. The number of rotatable bonds is 7. The third-order valence-corrected chi connectivity index (χ3v) is 3.41. The van der Waals surface area contributed by atoms with E-state index in [0.717, 1.165) is 25.9 Å². The predicted molar refractivity (Wildman–Crippen MR) is 75.4 cm³/mol. The molecule has 2 heteroatoms. The molecule has 0 heterocycles. The summed E-state index contributed by atoms with van der Waals surface area (Å²) in [6, 6.07) is 9.61. The molecular formula is C15H26N2. The molecule has 0 aromatic heterocycles. The second-order valence-electron chi connectivity index (χ2n) is 4.60. The van der Waals surface area contributed by atoms with Gasteiger partial charge in [-0.3, -0.25) is 4.90 Å². The molecule has 1 unspecified atom stereocenters. The number of likely N-dealkylation sites (N-methyl/N-ethyl adjacent to an activating group) is 2. The van der Waals surface area contributed by atoms with Gasteiger partial charge in [-0.05, 0) is 38.1 Å². The van der Waals surface area contributed by atoms with Gasteiger partial charge in [-0.2, -0.15) is 0 Å². The van der Waals surface area contributed by atoms with Crippen molar-refractivity contribution >= 4 is 0 Å². The summed E-state index contributed by atoms with van der Waals surface area (Å²) in [5.74, 6) is 0. The van der Waals surface area contributed by atoms with E-state index >= 15 is 0 Å². The van der Waals surface area contributed by atoms with Gasteiger partial charge in [-0.1, -0.05) is 38.1 Å². The highest BCUT2D eigenvalue weighted by molar-refractivity contribution is 5.25. The van der Waals surface area contributed by atoms with Gasteiger partial charge in [0.15, 0.2) is 0 Å². The molecule has 0 aliphatic rings. The summed E-state index contributed by atoms with van der Waals surface area (Å²) in [4.78, 5) is 2.43. The van der Waals surface area contributed by atoms with E-state index in [9.17, 15) is 0 Å². The van der Waals surface area contributed by atoms with E-state index in [2.05, 4.69) is 55.4 Å². The minimum atomic E-state index is 0.536. The highest BCUT2D eigenvalue weighted by atomic mass is 15.1. The van der Waals surface area contributed by atoms with Crippen molar-refractivity contribution in [3.63, 3.8) is 0 Å². The van der Waals surface area contributed by atoms with Crippen LogP contribution < -0.4 is 5.32 Å². The molecule has 1 rings (SSSR count). The number of benzene rings is 1. The topological polar surface area (TPSA) is 15.3 Å². The second kappa shape index (κ2) is 7.46. The lowest BCUT2D eigenvalue weighted by molar-refractivity contribution is 0.240. The van der Waals surface area contributed by atoms with Crippen LogP contribution >= 0.6 is 0 Å². The molecule has 0 aliphatic carbocycles. The normalized spacial score (nSPS) is 13.0. The number of hydrogen-bond acceptors (Lipinski definition) is 2. The average molecular weight is 234 g/mol. The van der Waals surface area contributed by atoms with Crippen LogP contribution in [-0.4, -0.2) is 32.1 Å². The second-order valence-corrected chi connectivity index (χ2v) is 4.60. The summed E-state index contributed by atoms with van der Waals surface area (Å²) in [5, 5.41) is 3.21. The largest absolute Gasteiger partial charge is 0.318 e. The summed E-state index contributed by atoms with van der Waals surface area (Å²) >= 11 is 0. The molecule has 96 valence electrons. The smallest absolute Gasteiger partial charge is 0.0342 e. The van der Waals surface area contributed by atoms with E-state index in [-0.39, 0.29) is 0 Å². The maximum atomic E-state index is 3.21. The maximum absolute atomic E-state index is 3.21. The average Bonchev–Trinajstić information content (AvgIpc) is 2.38. The first-order chi connectivity index (χ1) is 8.22. The lowest BCUT2D eigenvalue weighted by Crippen LogP contribution is -2.30. The lowest BCUT2D eigenvalue weighted by atomic mass is 10.0. The third kappa shape index (κ3) is 4.14. The number of nitrogens with zero attached hydrogens (tertiary/aromatic N) is 1. The van der Waals surface area contributed by atoms with Gasteiger partial charge in [-0.15, -0.1) is 0 Å². The fourth-order valence-electron chi connectivity index (χ4n) is 2.22. The molecular weight excluding hydrogens is 208 g/mol. The van der Waals surface area contributed by atoms with Gasteiger partial charge in [0.2, 0.25) is 0 Å². The Morgan fingerprint density at radius 1 is 1.18 bits per heavy atom. The van der Waals surface area contributed by atoms with Crippen LogP contribution in [0, 0.1) is 0 Å². The minimum Gasteiger partial charge on any atom is -0.318 e. The highest BCUT2D eigenvalue weighted by Crippen LogP contribution is 2.22. The molecule has 1 atom stereocenters. The van der Waals surface area contributed by atoms with Crippen molar-refractivity contribution in [3.8, 4) is 0 Å². The Balaban J connectivity index is 2.70. The molecule has 2 nitrogen and oxygen atoms in total. The first-order valence-electron chi connectivity index (χ1n) is 6.66. The first kappa shape index (κ1) is 14.2. The molecule has 17 heavy (non-hydrogen) atoms. The van der Waals surface area contributed by atoms with Gasteiger partial charge >= 0.3 is 0 Å². The Hall–Kier alpha value is -0.860. The van der Waals surface area contributed by atoms with Gasteiger partial charge in [0.1, 0.15) is 0 Å². The van der Waals surface area contributed by atoms with Crippen molar-refractivity contribution in [2.24, 2.45) is 0 Å². The fraction of sp³-hybridized carbons (Fsp3) is 0.600. The molecule has 0 spiro atoms. The van der Waals surface area contributed by atoms with Gasteiger partial charge in [-0.25, -0.2) is 0 Å². The number of hydrogen-bond donors (Lipinski definition) is 1. The Morgan fingerprint density at radius 2 is 1.82 bits per heavy atom. The van der Waals surface area contributed by atoms with E-state index in [1.165, 1.54) is 11.1 Å². The van der Waals surface area contributed by atoms with Crippen LogP contribution in [0.5, 0.6) is 0 Å². The van der Waals surface area contributed by atoms with Crippen molar-refractivity contribution in [3.05, 3.63) is 35.4 Å². The van der Waals surface area contributed by atoms with Crippen molar-refractivity contribution in [1.29, 1.82) is 0 Å². The van der Waals surface area contributed by atoms with Crippen molar-refractivity contribution in [1.82, 2.24) is 10.2 Å². The van der Waals surface area contributed by atoms with Crippen molar-refractivity contribution < 1.29 is 0 Å². The van der Waals surface area contributed by atoms with Gasteiger partial charge < -0.3 is 5.32 Å². The Kier molecular flexibility index (Phi) is 6.23. The number of nitrogens with one attached hydrogen (secondary N) is 1. The Bertz CT molecular complexity index is 305. The summed E-state index contributed by atoms with van der Waals surface area (Å²) < 4.78 is 0. The van der Waals surface area contributed by atoms with Gasteiger partial charge in [0.25, 0.3) is 0 Å². The quantitative estimate of drug-likeness (QED) is 0.780. The van der Waals surface area contributed by atoms with Crippen molar-refractivity contribution in [2.45, 2.75) is 32.7 Å². The van der Waals surface area contributed by atoms with Crippen LogP contribution in [0.2, 0.25) is 0 Å². The Morgan fingerprint density at radius 3 is 2.29 bits per heavy atom. The molecule has 0 bridgehead atoms. The highest BCUT2D eigenvalue weighted by Gasteiger charge is 2.14. The van der Waals surface area contributed by atoms with Crippen LogP contribution in [0.15, 0.2) is 24.3 Å². The SMILES string of the molecule is CCc1ccc(C(CC)N(C)CCNC)cc1. The molecule has 0 aliphatic heterocycles. The summed E-state index contributed by atoms with van der Waals surface area (Å²) in [6.07, 6.45) is 2.28. The van der Waals surface area contributed by atoms with Crippen molar-refractivity contribution in [2.75, 3.05) is 27.2 Å². The zero-order valence-corrected chi connectivity index (χ0v) is 11.7. The zero-order chi connectivity index (χ0) is 12.7. The van der Waals surface area contributed by atoms with Crippen LogP contribution in [-0.2, 0) is 6.42 Å². The summed E-state index contributed by atoms with van der Waals surface area (Å²) in [6.45, 7) is 6.59. The zero-order valence-electron chi connectivity index (χ0n) is 11.7. The van der Waals surface area contributed by atoms with E-state index in [0.29, 0.717) is 6.04 Å². The molecule has 0 saturated carbocycles. The maximum Gasteiger partial charge on any atom is 0.0342 e. The summed E-state index contributed by atoms with van der Waals surface area (Å²) in [5.41, 5.74) is 2.85. The molecule has 0 saturated heterocycles. The molecule has 0 amide bonds. The fourth-order valence-corrected chi connectivity index (χ4v) is 2.22. The lowest BCUT2D eigenvalue weighted by Gasteiger charge is -2.27. The van der Waals surface area contributed by atoms with E-state index in [4.69, 9.17) is 0 Å². The predicted octanol–water partition coefficient (Wildman–Crippen LogP) is 2.85. The minimum absolute atomic E-state index is 0.536. The molecule has 1 N–H and O–H groups in total. The van der Waals surface area contributed by atoms with Gasteiger partial charge in [0.05, 0.1) is 0 Å². The van der Waals surface area contributed by atoms with E-state index in [1.54, 1.807) is 0 Å². The van der Waals surface area contributed by atoms with Crippen LogP contribution in [0.1, 0.15) is 37.4 Å². The number of aryl methyl sites for hydroxylation is 1. The monoisotopic (exact) mass is 234 g/mol. The standard InChI is InChI=1S/C15H26N2/c1-5-13-7-9-14(10-8-13)15(6-2)17(4)12-11-16-3/h7-10,15-16H,5-6,11-12H2,1-4H3. The third-order valence-electron chi connectivity index (χ3n) is 3.41. The Labute approximate surface area is 106 Å². The van der Waals surface area contributed by atoms with Crippen LogP contribution in [0.3, 0.4) is 0 Å². The van der Waals surface area contributed by atoms with E-state index < -0.39 is 0 Å². The molecule has 1 aromatic rings. The van der Waals surface area contributed by atoms with Crippen LogP contribution in [0.25, 0.3) is 0 Å². The van der Waals surface area contributed by atoms with Crippen LogP contribution in [0.4, 0.5) is 0 Å². The first-order valence-corrected chi connectivity index (χ1v) is 6.66. The van der Waals surface area contributed by atoms with Gasteiger partial charge in [0, 0.05) is 19.1 Å². The molecule has 1 aromatic carbocycles.